The Kier molecular flexibility index (Phi) is 4.78. The summed E-state index contributed by atoms with van der Waals surface area (Å²) in [5, 5.41) is 13.2. The van der Waals surface area contributed by atoms with Gasteiger partial charge in [-0.05, 0) is 43.5 Å². The number of anilines is 1. The maximum absolute atomic E-state index is 12.5. The Morgan fingerprint density at radius 2 is 1.88 bits per heavy atom. The van der Waals surface area contributed by atoms with Crippen LogP contribution in [0.1, 0.15) is 40.2 Å². The van der Waals surface area contributed by atoms with Gasteiger partial charge in [-0.3, -0.25) is 19.7 Å². The molecule has 1 aromatic carbocycles. The fourth-order valence-corrected chi connectivity index (χ4v) is 2.75. The van der Waals surface area contributed by atoms with E-state index in [-0.39, 0.29) is 11.7 Å². The van der Waals surface area contributed by atoms with E-state index in [9.17, 15) is 19.7 Å². The molecular weight excluding hydrogens is 326 g/mol. The Balaban J connectivity index is 1.71. The van der Waals surface area contributed by atoms with Crippen molar-refractivity contribution < 1.29 is 18.9 Å². The smallest absolute Gasteiger partial charge is 0.395 e. The average Bonchev–Trinajstić information content (AvgIpc) is 3.13. The molecule has 0 saturated carbocycles. The van der Waals surface area contributed by atoms with E-state index in [2.05, 4.69) is 5.32 Å². The lowest BCUT2D eigenvalue weighted by Crippen LogP contribution is -2.35. The minimum atomic E-state index is -0.714. The molecule has 0 unspecified atom stereocenters. The van der Waals surface area contributed by atoms with Gasteiger partial charge in [0.2, 0.25) is 0 Å². The van der Waals surface area contributed by atoms with Crippen molar-refractivity contribution in [1.29, 1.82) is 0 Å². The maximum atomic E-state index is 12.5. The summed E-state index contributed by atoms with van der Waals surface area (Å²) in [7, 11) is 0. The van der Waals surface area contributed by atoms with Crippen molar-refractivity contribution in [3.63, 3.8) is 0 Å². The second kappa shape index (κ2) is 7.16. The second-order valence-electron chi connectivity index (χ2n) is 5.78. The summed E-state index contributed by atoms with van der Waals surface area (Å²) in [6.07, 6.45) is 3.13. The van der Waals surface area contributed by atoms with E-state index in [1.54, 1.807) is 29.2 Å². The molecule has 0 bridgehead atoms. The molecule has 1 fully saturated rings. The number of nitrogens with zero attached hydrogens (tertiary/aromatic N) is 2. The lowest BCUT2D eigenvalue weighted by atomic mass is 10.1. The molecule has 3 rings (SSSR count). The van der Waals surface area contributed by atoms with E-state index < -0.39 is 16.7 Å². The number of rotatable bonds is 4. The van der Waals surface area contributed by atoms with Crippen molar-refractivity contribution in [2.45, 2.75) is 19.3 Å². The number of nitrogens with one attached hydrogen (secondary N) is 1. The molecule has 8 nitrogen and oxygen atoms in total. The number of benzene rings is 1. The van der Waals surface area contributed by atoms with Crippen molar-refractivity contribution in [1.82, 2.24) is 4.90 Å². The zero-order chi connectivity index (χ0) is 17.8. The van der Waals surface area contributed by atoms with Crippen LogP contribution >= 0.6 is 0 Å². The van der Waals surface area contributed by atoms with Crippen molar-refractivity contribution in [2.75, 3.05) is 18.4 Å². The second-order valence-corrected chi connectivity index (χ2v) is 5.78. The number of nitro groups is 1. The Hall–Kier alpha value is -3.16. The van der Waals surface area contributed by atoms with Crippen LogP contribution in [0.4, 0.5) is 11.6 Å². The van der Waals surface area contributed by atoms with Crippen molar-refractivity contribution in [3.8, 4) is 0 Å². The number of carbonyl (C=O) groups excluding carboxylic acids is 2. The molecule has 2 heterocycles. The van der Waals surface area contributed by atoms with Gasteiger partial charge < -0.3 is 14.6 Å². The van der Waals surface area contributed by atoms with Crippen LogP contribution < -0.4 is 5.32 Å². The average molecular weight is 343 g/mol. The molecule has 130 valence electrons. The third kappa shape index (κ3) is 3.85. The van der Waals surface area contributed by atoms with Gasteiger partial charge in [0.25, 0.3) is 11.8 Å². The maximum Gasteiger partial charge on any atom is 0.433 e. The van der Waals surface area contributed by atoms with Gasteiger partial charge >= 0.3 is 5.88 Å². The highest BCUT2D eigenvalue weighted by molar-refractivity contribution is 6.03. The Morgan fingerprint density at radius 3 is 2.56 bits per heavy atom. The minimum absolute atomic E-state index is 0.0653. The summed E-state index contributed by atoms with van der Waals surface area (Å²) in [5.74, 6) is -1.35. The quantitative estimate of drug-likeness (QED) is 0.678. The number of carbonyl (C=O) groups is 2. The SMILES string of the molecule is O=C(Nc1cccc(C(=O)N2CCCCC2)c1)c1ccc([N+](=O)[O-])o1. The summed E-state index contributed by atoms with van der Waals surface area (Å²) < 4.78 is 4.87. The van der Waals surface area contributed by atoms with Gasteiger partial charge in [0.15, 0.2) is 5.76 Å². The van der Waals surface area contributed by atoms with Crippen LogP contribution in [0.3, 0.4) is 0 Å². The molecule has 1 saturated heterocycles. The summed E-state index contributed by atoms with van der Waals surface area (Å²) in [6, 6.07) is 8.96. The molecule has 0 aliphatic carbocycles. The molecule has 0 radical (unpaired) electrons. The topological polar surface area (TPSA) is 106 Å². The lowest BCUT2D eigenvalue weighted by molar-refractivity contribution is -0.402. The molecule has 2 amide bonds. The minimum Gasteiger partial charge on any atom is -0.395 e. The van der Waals surface area contributed by atoms with Gasteiger partial charge in [0.05, 0.1) is 6.07 Å². The summed E-state index contributed by atoms with van der Waals surface area (Å²) in [6.45, 7) is 1.48. The first-order valence-corrected chi connectivity index (χ1v) is 7.99. The molecule has 1 aliphatic rings. The number of likely N-dealkylation sites (tertiary alicyclic amines) is 1. The van der Waals surface area contributed by atoms with Gasteiger partial charge in [-0.1, -0.05) is 6.07 Å². The molecule has 1 N–H and O–H groups in total. The standard InChI is InChI=1S/C17H17N3O5/c21-16(14-7-8-15(25-14)20(23)24)18-13-6-4-5-12(11-13)17(22)19-9-2-1-3-10-19/h4-8,11H,1-3,9-10H2,(H,18,21). The predicted octanol–water partition coefficient (Wildman–Crippen LogP) is 3.07. The highest BCUT2D eigenvalue weighted by Crippen LogP contribution is 2.19. The van der Waals surface area contributed by atoms with Crippen molar-refractivity contribution in [2.24, 2.45) is 0 Å². The monoisotopic (exact) mass is 343 g/mol. The van der Waals surface area contributed by atoms with E-state index in [0.29, 0.717) is 11.3 Å². The third-order valence-corrected chi connectivity index (χ3v) is 4.01. The fraction of sp³-hybridized carbons (Fsp3) is 0.294. The summed E-state index contributed by atoms with van der Waals surface area (Å²) >= 11 is 0. The van der Waals surface area contributed by atoms with Crippen LogP contribution in [-0.2, 0) is 0 Å². The normalized spacial score (nSPS) is 14.2. The first-order valence-electron chi connectivity index (χ1n) is 7.99. The highest BCUT2D eigenvalue weighted by atomic mass is 16.6. The largest absolute Gasteiger partial charge is 0.433 e. The molecule has 1 aromatic heterocycles. The number of hydrogen-bond donors (Lipinski definition) is 1. The van der Waals surface area contributed by atoms with Crippen LogP contribution in [0.15, 0.2) is 40.8 Å². The fourth-order valence-electron chi connectivity index (χ4n) is 2.75. The van der Waals surface area contributed by atoms with Gasteiger partial charge in [-0.15, -0.1) is 0 Å². The molecule has 2 aromatic rings. The third-order valence-electron chi connectivity index (χ3n) is 4.01. The number of amides is 2. The van der Waals surface area contributed by atoms with E-state index in [0.717, 1.165) is 38.4 Å². The Bertz CT molecular complexity index is 808. The van der Waals surface area contributed by atoms with Crippen LogP contribution in [0.25, 0.3) is 0 Å². The van der Waals surface area contributed by atoms with Gasteiger partial charge in [-0.2, -0.15) is 0 Å². The molecule has 0 atom stereocenters. The molecule has 0 spiro atoms. The van der Waals surface area contributed by atoms with Crippen molar-refractivity contribution >= 4 is 23.4 Å². The predicted molar refractivity (Wildman–Crippen MR) is 89.5 cm³/mol. The van der Waals surface area contributed by atoms with Crippen LogP contribution in [0.2, 0.25) is 0 Å². The lowest BCUT2D eigenvalue weighted by Gasteiger charge is -2.26. The van der Waals surface area contributed by atoms with Crippen LogP contribution in [0.5, 0.6) is 0 Å². The van der Waals surface area contributed by atoms with Crippen molar-refractivity contribution in [3.05, 3.63) is 57.8 Å². The zero-order valence-electron chi connectivity index (χ0n) is 13.4. The number of piperidine rings is 1. The first kappa shape index (κ1) is 16.7. The molecule has 1 aliphatic heterocycles. The Morgan fingerprint density at radius 1 is 1.12 bits per heavy atom. The van der Waals surface area contributed by atoms with Gasteiger partial charge in [0, 0.05) is 24.3 Å². The van der Waals surface area contributed by atoms with E-state index >= 15 is 0 Å². The van der Waals surface area contributed by atoms with E-state index in [1.165, 1.54) is 6.07 Å². The highest BCUT2D eigenvalue weighted by Gasteiger charge is 2.20. The zero-order valence-corrected chi connectivity index (χ0v) is 13.4. The Labute approximate surface area is 143 Å². The van der Waals surface area contributed by atoms with Crippen LogP contribution in [0, 0.1) is 10.1 Å². The van der Waals surface area contributed by atoms with E-state index in [4.69, 9.17) is 4.42 Å². The van der Waals surface area contributed by atoms with Gasteiger partial charge in [0.1, 0.15) is 4.92 Å². The number of furan rings is 1. The molecular formula is C17H17N3O5. The summed E-state index contributed by atoms with van der Waals surface area (Å²) in [5.41, 5.74) is 0.914. The first-order chi connectivity index (χ1) is 12.0. The van der Waals surface area contributed by atoms with E-state index in [1.807, 2.05) is 0 Å². The number of hydrogen-bond acceptors (Lipinski definition) is 5. The van der Waals surface area contributed by atoms with Crippen LogP contribution in [-0.4, -0.2) is 34.7 Å². The molecule has 8 heteroatoms. The van der Waals surface area contributed by atoms with Gasteiger partial charge in [-0.25, -0.2) is 0 Å². The molecule has 25 heavy (non-hydrogen) atoms. The summed E-state index contributed by atoms with van der Waals surface area (Å²) in [4.78, 5) is 36.3.